The van der Waals surface area contributed by atoms with Crippen molar-refractivity contribution in [1.82, 2.24) is 24.8 Å². The molecule has 37 heavy (non-hydrogen) atoms. The molecule has 2 aliphatic rings. The van der Waals surface area contributed by atoms with Crippen molar-refractivity contribution in [3.63, 3.8) is 0 Å². The maximum atomic E-state index is 14.5. The van der Waals surface area contributed by atoms with Crippen LogP contribution in [0, 0.1) is 23.4 Å². The molecule has 3 aromatic rings. The van der Waals surface area contributed by atoms with E-state index in [1.807, 2.05) is 6.92 Å². The molecule has 198 valence electrons. The highest BCUT2D eigenvalue weighted by molar-refractivity contribution is 5.79. The van der Waals surface area contributed by atoms with Crippen molar-refractivity contribution >= 4 is 34.7 Å². The third-order valence-corrected chi connectivity index (χ3v) is 7.08. The standard InChI is InChI=1S/C25H30F3N7O2/c1-2-15(12-36)31-24-29-11-20-22(34-24)35(17-7-3-13(4-8-17)23(37)30-16-5-6-16)25(32-20)33-21-18(27)9-14(26)10-19(21)28/h9-11,13,15-17,36H,2-8,12H2,1H3,(H,30,37)(H,32,33)(H,29,31,34)/t13?,15-,17?/m0/s1. The largest absolute Gasteiger partial charge is 0.394 e. The topological polar surface area (TPSA) is 117 Å². The van der Waals surface area contributed by atoms with E-state index in [4.69, 9.17) is 0 Å². The van der Waals surface area contributed by atoms with E-state index in [-0.39, 0.29) is 42.4 Å². The number of anilines is 3. The molecule has 5 rings (SSSR count). The normalized spacial score (nSPS) is 20.6. The maximum Gasteiger partial charge on any atom is 0.225 e. The lowest BCUT2D eigenvalue weighted by molar-refractivity contribution is -0.126. The zero-order valence-electron chi connectivity index (χ0n) is 20.5. The number of fused-ring (bicyclic) bond motifs is 1. The number of benzene rings is 1. The van der Waals surface area contributed by atoms with E-state index >= 15 is 0 Å². The van der Waals surface area contributed by atoms with E-state index in [0.29, 0.717) is 61.4 Å². The highest BCUT2D eigenvalue weighted by atomic mass is 19.1. The summed E-state index contributed by atoms with van der Waals surface area (Å²) in [6.45, 7) is 1.82. The summed E-state index contributed by atoms with van der Waals surface area (Å²) in [6.07, 6.45) is 6.79. The molecule has 0 spiro atoms. The number of carbonyl (C=O) groups excluding carboxylic acids is 1. The van der Waals surface area contributed by atoms with E-state index < -0.39 is 23.1 Å². The van der Waals surface area contributed by atoms with Crippen molar-refractivity contribution in [2.75, 3.05) is 17.2 Å². The third kappa shape index (κ3) is 5.48. The third-order valence-electron chi connectivity index (χ3n) is 7.08. The maximum absolute atomic E-state index is 14.5. The average Bonchev–Trinajstić information content (AvgIpc) is 3.62. The molecule has 0 radical (unpaired) electrons. The number of halogens is 3. The molecule has 12 heteroatoms. The zero-order chi connectivity index (χ0) is 26.1. The summed E-state index contributed by atoms with van der Waals surface area (Å²) in [6, 6.07) is 1.11. The Morgan fingerprint density at radius 3 is 2.43 bits per heavy atom. The molecule has 2 aromatic heterocycles. The highest BCUT2D eigenvalue weighted by Gasteiger charge is 2.33. The van der Waals surface area contributed by atoms with Crippen LogP contribution < -0.4 is 16.0 Å². The summed E-state index contributed by atoms with van der Waals surface area (Å²) < 4.78 is 44.2. The summed E-state index contributed by atoms with van der Waals surface area (Å²) in [5.74, 6) is -2.76. The van der Waals surface area contributed by atoms with Crippen LogP contribution in [-0.4, -0.2) is 49.2 Å². The van der Waals surface area contributed by atoms with Crippen molar-refractivity contribution in [2.45, 2.75) is 70.0 Å². The molecule has 0 aliphatic heterocycles. The molecule has 0 bridgehead atoms. The molecule has 2 heterocycles. The van der Waals surface area contributed by atoms with Crippen LogP contribution in [0.5, 0.6) is 0 Å². The van der Waals surface area contributed by atoms with Gasteiger partial charge in [-0.15, -0.1) is 0 Å². The molecule has 4 N–H and O–H groups in total. The zero-order valence-corrected chi connectivity index (χ0v) is 20.5. The minimum Gasteiger partial charge on any atom is -0.394 e. The smallest absolute Gasteiger partial charge is 0.225 e. The second kappa shape index (κ2) is 10.5. The minimum atomic E-state index is -1.08. The van der Waals surface area contributed by atoms with Gasteiger partial charge in [0.15, 0.2) is 17.3 Å². The number of hydrogen-bond donors (Lipinski definition) is 4. The van der Waals surface area contributed by atoms with E-state index in [2.05, 4.69) is 30.9 Å². The van der Waals surface area contributed by atoms with Gasteiger partial charge in [0.25, 0.3) is 0 Å². The van der Waals surface area contributed by atoms with Crippen LogP contribution in [0.2, 0.25) is 0 Å². The fraction of sp³-hybridized carbons (Fsp3) is 0.520. The number of amides is 1. The van der Waals surface area contributed by atoms with Crippen molar-refractivity contribution in [3.05, 3.63) is 35.8 Å². The van der Waals surface area contributed by atoms with Gasteiger partial charge < -0.3 is 21.1 Å². The van der Waals surface area contributed by atoms with Gasteiger partial charge in [-0.05, 0) is 44.9 Å². The van der Waals surface area contributed by atoms with Crippen LogP contribution in [0.4, 0.5) is 30.8 Å². The quantitative estimate of drug-likeness (QED) is 0.336. The van der Waals surface area contributed by atoms with Gasteiger partial charge in [0.05, 0.1) is 18.8 Å². The lowest BCUT2D eigenvalue weighted by atomic mass is 9.85. The SMILES string of the molecule is CC[C@@H](CO)Nc1ncc2nc(Nc3c(F)cc(F)cc3F)n(C3CCC(C(=O)NC4CC4)CC3)c2n1. The Morgan fingerprint density at radius 1 is 1.11 bits per heavy atom. The predicted molar refractivity (Wildman–Crippen MR) is 132 cm³/mol. The summed E-state index contributed by atoms with van der Waals surface area (Å²) in [5, 5.41) is 18.4. The van der Waals surface area contributed by atoms with Gasteiger partial charge in [-0.2, -0.15) is 4.98 Å². The number of aliphatic hydroxyl groups is 1. The Kier molecular flexibility index (Phi) is 7.18. The molecule has 2 saturated carbocycles. The van der Waals surface area contributed by atoms with Crippen LogP contribution in [0.3, 0.4) is 0 Å². The first-order valence-electron chi connectivity index (χ1n) is 12.7. The second-order valence-electron chi connectivity index (χ2n) is 9.80. The van der Waals surface area contributed by atoms with Gasteiger partial charge in [-0.25, -0.2) is 23.1 Å². The average molecular weight is 518 g/mol. The minimum absolute atomic E-state index is 0.0775. The molecule has 1 amide bonds. The first-order valence-corrected chi connectivity index (χ1v) is 12.7. The molecule has 2 fully saturated rings. The molecule has 0 unspecified atom stereocenters. The Labute approximate surface area is 211 Å². The fourth-order valence-electron chi connectivity index (χ4n) is 4.77. The van der Waals surface area contributed by atoms with E-state index in [1.165, 1.54) is 6.20 Å². The van der Waals surface area contributed by atoms with Crippen LogP contribution in [0.15, 0.2) is 18.3 Å². The first kappa shape index (κ1) is 25.2. The molecule has 1 atom stereocenters. The highest BCUT2D eigenvalue weighted by Crippen LogP contribution is 2.38. The summed E-state index contributed by atoms with van der Waals surface area (Å²) in [7, 11) is 0. The van der Waals surface area contributed by atoms with Gasteiger partial charge in [0, 0.05) is 30.1 Å². The number of imidazole rings is 1. The van der Waals surface area contributed by atoms with Crippen LogP contribution >= 0.6 is 0 Å². The van der Waals surface area contributed by atoms with Crippen LogP contribution in [-0.2, 0) is 4.79 Å². The van der Waals surface area contributed by atoms with Gasteiger partial charge in [0.2, 0.25) is 17.8 Å². The summed E-state index contributed by atoms with van der Waals surface area (Å²) >= 11 is 0. The van der Waals surface area contributed by atoms with E-state index in [9.17, 15) is 23.1 Å². The number of aromatic nitrogens is 4. The fourth-order valence-corrected chi connectivity index (χ4v) is 4.77. The lowest BCUT2D eigenvalue weighted by Crippen LogP contribution is -2.35. The van der Waals surface area contributed by atoms with Gasteiger partial charge in [-0.3, -0.25) is 9.36 Å². The van der Waals surface area contributed by atoms with Gasteiger partial charge in [-0.1, -0.05) is 6.92 Å². The Morgan fingerprint density at radius 2 is 1.81 bits per heavy atom. The van der Waals surface area contributed by atoms with Crippen LogP contribution in [0.25, 0.3) is 11.2 Å². The number of hydrogen-bond acceptors (Lipinski definition) is 7. The van der Waals surface area contributed by atoms with Crippen molar-refractivity contribution in [1.29, 1.82) is 0 Å². The first-order chi connectivity index (χ1) is 17.9. The van der Waals surface area contributed by atoms with E-state index in [0.717, 1.165) is 12.8 Å². The molecule has 2 aliphatic carbocycles. The second-order valence-corrected chi connectivity index (χ2v) is 9.80. The molecular weight excluding hydrogens is 487 g/mol. The monoisotopic (exact) mass is 517 g/mol. The Bertz CT molecular complexity index is 1260. The Hall–Kier alpha value is -3.41. The number of nitrogens with zero attached hydrogens (tertiary/aromatic N) is 4. The van der Waals surface area contributed by atoms with Crippen molar-refractivity contribution in [3.8, 4) is 0 Å². The number of rotatable bonds is 9. The number of nitrogens with one attached hydrogen (secondary N) is 3. The van der Waals surface area contributed by atoms with Gasteiger partial charge >= 0.3 is 0 Å². The van der Waals surface area contributed by atoms with Crippen LogP contribution in [0.1, 0.15) is 57.9 Å². The summed E-state index contributed by atoms with van der Waals surface area (Å²) in [4.78, 5) is 25.9. The number of carbonyl (C=O) groups is 1. The molecule has 9 nitrogen and oxygen atoms in total. The van der Waals surface area contributed by atoms with E-state index in [1.54, 1.807) is 4.57 Å². The predicted octanol–water partition coefficient (Wildman–Crippen LogP) is 4.18. The van der Waals surface area contributed by atoms with Crippen molar-refractivity contribution < 1.29 is 23.1 Å². The Balaban J connectivity index is 1.48. The summed E-state index contributed by atoms with van der Waals surface area (Å²) in [5.41, 5.74) is 0.330. The molecule has 1 aromatic carbocycles. The lowest BCUT2D eigenvalue weighted by Gasteiger charge is -2.30. The number of aliphatic hydroxyl groups excluding tert-OH is 1. The van der Waals surface area contributed by atoms with Gasteiger partial charge in [0.1, 0.15) is 17.0 Å². The van der Waals surface area contributed by atoms with Crippen molar-refractivity contribution in [2.24, 2.45) is 5.92 Å². The molecule has 0 saturated heterocycles. The molecular formula is C25H30F3N7O2.